The molecule has 1 aliphatic rings. The Bertz CT molecular complexity index is 846. The van der Waals surface area contributed by atoms with E-state index in [0.717, 1.165) is 17.7 Å². The van der Waals surface area contributed by atoms with Crippen molar-refractivity contribution in [3.8, 4) is 0 Å². The lowest BCUT2D eigenvalue weighted by Crippen LogP contribution is -2.50. The quantitative estimate of drug-likeness (QED) is 0.827. The first-order valence-corrected chi connectivity index (χ1v) is 9.01. The Kier molecular flexibility index (Phi) is 5.84. The summed E-state index contributed by atoms with van der Waals surface area (Å²) in [6.45, 7) is 3.53. The van der Waals surface area contributed by atoms with Gasteiger partial charge in [0.15, 0.2) is 0 Å². The van der Waals surface area contributed by atoms with E-state index in [1.807, 2.05) is 25.1 Å². The van der Waals surface area contributed by atoms with E-state index in [1.165, 1.54) is 10.5 Å². The second kappa shape index (κ2) is 8.29. The van der Waals surface area contributed by atoms with E-state index < -0.39 is 17.5 Å². The van der Waals surface area contributed by atoms with Crippen LogP contribution in [0.1, 0.15) is 27.9 Å². The molecule has 1 fully saturated rings. The van der Waals surface area contributed by atoms with Crippen LogP contribution in [-0.4, -0.2) is 47.8 Å². The van der Waals surface area contributed by atoms with Gasteiger partial charge in [0.05, 0.1) is 5.56 Å². The molecular weight excluding hydrogens is 350 g/mol. The molecule has 0 atom stereocenters. The van der Waals surface area contributed by atoms with Crippen LogP contribution in [0.3, 0.4) is 0 Å². The van der Waals surface area contributed by atoms with Crippen LogP contribution in [0.4, 0.5) is 8.78 Å². The van der Waals surface area contributed by atoms with Crippen LogP contribution in [0.25, 0.3) is 0 Å². The molecule has 2 aromatic rings. The van der Waals surface area contributed by atoms with Gasteiger partial charge in [0.1, 0.15) is 11.6 Å². The van der Waals surface area contributed by atoms with Gasteiger partial charge in [0, 0.05) is 38.7 Å². The number of amides is 2. The molecule has 27 heavy (non-hydrogen) atoms. The van der Waals surface area contributed by atoms with Gasteiger partial charge in [-0.3, -0.25) is 9.59 Å². The Hall–Kier alpha value is -2.76. The van der Waals surface area contributed by atoms with Crippen molar-refractivity contribution in [2.45, 2.75) is 19.8 Å². The van der Waals surface area contributed by atoms with Gasteiger partial charge in [-0.25, -0.2) is 8.78 Å². The van der Waals surface area contributed by atoms with Crippen molar-refractivity contribution in [1.29, 1.82) is 0 Å². The molecule has 0 bridgehead atoms. The Morgan fingerprint density at radius 2 is 1.67 bits per heavy atom. The SMILES string of the molecule is Cc1cccc(CCC(=O)N2CCN(C(=O)c3ccc(F)cc3F)CC2)c1. The molecule has 142 valence electrons. The van der Waals surface area contributed by atoms with Gasteiger partial charge in [0.2, 0.25) is 5.91 Å². The maximum Gasteiger partial charge on any atom is 0.256 e. The Balaban J connectivity index is 1.52. The lowest BCUT2D eigenvalue weighted by molar-refractivity contribution is -0.132. The Morgan fingerprint density at radius 3 is 2.33 bits per heavy atom. The zero-order valence-electron chi connectivity index (χ0n) is 15.3. The van der Waals surface area contributed by atoms with Crippen molar-refractivity contribution in [2.75, 3.05) is 26.2 Å². The number of piperazine rings is 1. The highest BCUT2D eigenvalue weighted by atomic mass is 19.1. The summed E-state index contributed by atoms with van der Waals surface area (Å²) in [7, 11) is 0. The molecule has 0 saturated carbocycles. The second-order valence-electron chi connectivity index (χ2n) is 6.79. The smallest absolute Gasteiger partial charge is 0.256 e. The van der Waals surface area contributed by atoms with E-state index in [0.29, 0.717) is 45.1 Å². The fourth-order valence-corrected chi connectivity index (χ4v) is 3.27. The first-order valence-electron chi connectivity index (χ1n) is 9.01. The molecule has 0 unspecified atom stereocenters. The van der Waals surface area contributed by atoms with Gasteiger partial charge in [0.25, 0.3) is 5.91 Å². The molecule has 0 radical (unpaired) electrons. The minimum absolute atomic E-state index is 0.0524. The number of nitrogens with zero attached hydrogens (tertiary/aromatic N) is 2. The predicted molar refractivity (Wildman–Crippen MR) is 98.3 cm³/mol. The largest absolute Gasteiger partial charge is 0.339 e. The van der Waals surface area contributed by atoms with E-state index >= 15 is 0 Å². The van der Waals surface area contributed by atoms with Crippen LogP contribution >= 0.6 is 0 Å². The Labute approximate surface area is 157 Å². The van der Waals surface area contributed by atoms with Crippen LogP contribution in [0, 0.1) is 18.6 Å². The summed E-state index contributed by atoms with van der Waals surface area (Å²) in [6, 6.07) is 11.0. The average molecular weight is 372 g/mol. The summed E-state index contributed by atoms with van der Waals surface area (Å²) in [5.74, 6) is -2.00. The van der Waals surface area contributed by atoms with Gasteiger partial charge >= 0.3 is 0 Å². The molecule has 4 nitrogen and oxygen atoms in total. The highest BCUT2D eigenvalue weighted by Gasteiger charge is 2.26. The zero-order chi connectivity index (χ0) is 19.4. The highest BCUT2D eigenvalue weighted by Crippen LogP contribution is 2.15. The van der Waals surface area contributed by atoms with Crippen molar-refractivity contribution >= 4 is 11.8 Å². The minimum atomic E-state index is -0.864. The zero-order valence-corrected chi connectivity index (χ0v) is 15.3. The molecule has 1 saturated heterocycles. The number of halogens is 2. The van der Waals surface area contributed by atoms with E-state index in [2.05, 4.69) is 6.07 Å². The number of benzene rings is 2. The van der Waals surface area contributed by atoms with E-state index in [9.17, 15) is 18.4 Å². The number of hydrogen-bond acceptors (Lipinski definition) is 2. The maximum absolute atomic E-state index is 13.8. The van der Waals surface area contributed by atoms with Crippen molar-refractivity contribution in [2.24, 2.45) is 0 Å². The molecule has 6 heteroatoms. The monoisotopic (exact) mass is 372 g/mol. The standard InChI is InChI=1S/C21H22F2N2O2/c1-15-3-2-4-16(13-15)5-8-20(26)24-9-11-25(12-10-24)21(27)18-7-6-17(22)14-19(18)23/h2-4,6-7,13-14H,5,8-12H2,1H3. The number of carbonyl (C=O) groups excluding carboxylic acids is 2. The highest BCUT2D eigenvalue weighted by molar-refractivity contribution is 5.94. The molecule has 0 aliphatic carbocycles. The van der Waals surface area contributed by atoms with Crippen molar-refractivity contribution in [1.82, 2.24) is 9.80 Å². The summed E-state index contributed by atoms with van der Waals surface area (Å²) in [4.78, 5) is 28.1. The van der Waals surface area contributed by atoms with Crippen molar-refractivity contribution < 1.29 is 18.4 Å². The summed E-state index contributed by atoms with van der Waals surface area (Å²) < 4.78 is 26.8. The van der Waals surface area contributed by atoms with Gasteiger partial charge in [-0.15, -0.1) is 0 Å². The fourth-order valence-electron chi connectivity index (χ4n) is 3.27. The molecule has 0 spiro atoms. The number of carbonyl (C=O) groups is 2. The summed E-state index contributed by atoms with van der Waals surface area (Å²) in [6.07, 6.45) is 1.10. The summed E-state index contributed by atoms with van der Waals surface area (Å²) in [5, 5.41) is 0. The van der Waals surface area contributed by atoms with E-state index in [1.54, 1.807) is 4.90 Å². The van der Waals surface area contributed by atoms with Crippen molar-refractivity contribution in [3.05, 3.63) is 70.8 Å². The summed E-state index contributed by atoms with van der Waals surface area (Å²) in [5.41, 5.74) is 2.15. The van der Waals surface area contributed by atoms with E-state index in [4.69, 9.17) is 0 Å². The van der Waals surface area contributed by atoms with Gasteiger partial charge in [-0.05, 0) is 31.0 Å². The molecular formula is C21H22F2N2O2. The minimum Gasteiger partial charge on any atom is -0.339 e. The maximum atomic E-state index is 13.8. The first kappa shape index (κ1) is 19.0. The molecule has 1 heterocycles. The molecule has 1 aliphatic heterocycles. The molecule has 0 N–H and O–H groups in total. The second-order valence-corrected chi connectivity index (χ2v) is 6.79. The van der Waals surface area contributed by atoms with Crippen LogP contribution in [-0.2, 0) is 11.2 Å². The predicted octanol–water partition coefficient (Wildman–Crippen LogP) is 3.19. The first-order chi connectivity index (χ1) is 12.9. The van der Waals surface area contributed by atoms with Crippen LogP contribution < -0.4 is 0 Å². The topological polar surface area (TPSA) is 40.6 Å². The molecule has 2 aromatic carbocycles. The molecule has 2 amide bonds. The van der Waals surface area contributed by atoms with Crippen LogP contribution in [0.5, 0.6) is 0 Å². The number of aryl methyl sites for hydroxylation is 2. The molecule has 0 aromatic heterocycles. The van der Waals surface area contributed by atoms with Crippen LogP contribution in [0.15, 0.2) is 42.5 Å². The third kappa shape index (κ3) is 4.70. The summed E-state index contributed by atoms with van der Waals surface area (Å²) >= 11 is 0. The third-order valence-corrected chi connectivity index (χ3v) is 4.79. The number of rotatable bonds is 4. The lowest BCUT2D eigenvalue weighted by Gasteiger charge is -2.35. The van der Waals surface area contributed by atoms with Gasteiger partial charge in [-0.2, -0.15) is 0 Å². The molecule has 3 rings (SSSR count). The third-order valence-electron chi connectivity index (χ3n) is 4.79. The van der Waals surface area contributed by atoms with Gasteiger partial charge < -0.3 is 9.80 Å². The van der Waals surface area contributed by atoms with E-state index in [-0.39, 0.29) is 11.5 Å². The number of hydrogen-bond donors (Lipinski definition) is 0. The normalized spacial score (nSPS) is 14.3. The lowest BCUT2D eigenvalue weighted by atomic mass is 10.1. The average Bonchev–Trinajstić information content (AvgIpc) is 2.66. The van der Waals surface area contributed by atoms with Crippen molar-refractivity contribution in [3.63, 3.8) is 0 Å². The Morgan fingerprint density at radius 1 is 0.963 bits per heavy atom. The fraction of sp³-hybridized carbons (Fsp3) is 0.333. The van der Waals surface area contributed by atoms with Crippen LogP contribution in [0.2, 0.25) is 0 Å². The van der Waals surface area contributed by atoms with Gasteiger partial charge in [-0.1, -0.05) is 29.8 Å².